The van der Waals surface area contributed by atoms with Crippen LogP contribution in [0.1, 0.15) is 16.4 Å². The fraction of sp³-hybridized carbons (Fsp3) is 0.211. The summed E-state index contributed by atoms with van der Waals surface area (Å²) in [7, 11) is 0. The van der Waals surface area contributed by atoms with E-state index in [1.165, 1.54) is 16.4 Å². The molecule has 3 aromatic heterocycles. The van der Waals surface area contributed by atoms with E-state index >= 15 is 0 Å². The largest absolute Gasteiger partial charge is 0.334 e. The third-order valence-electron chi connectivity index (χ3n) is 4.24. The van der Waals surface area contributed by atoms with E-state index in [9.17, 15) is 4.79 Å². The molecule has 0 fully saturated rings. The SMILES string of the molecule is Cc1cc(C)n(-c2nnc(SCC(=O)Nc3cccc(-c4csc(C)n4)c3)n2N)n1. The van der Waals surface area contributed by atoms with Crippen LogP contribution in [0, 0.1) is 20.8 Å². The summed E-state index contributed by atoms with van der Waals surface area (Å²) in [5.74, 6) is 6.49. The Morgan fingerprint density at radius 1 is 1.23 bits per heavy atom. The monoisotopic (exact) mass is 440 g/mol. The number of rotatable bonds is 6. The van der Waals surface area contributed by atoms with E-state index in [0.29, 0.717) is 16.8 Å². The van der Waals surface area contributed by atoms with Crippen LogP contribution in [0.3, 0.4) is 0 Å². The standard InChI is InChI=1S/C19H20N8OS2/c1-11-7-12(2)27(25-11)18-23-24-19(26(18)20)30-10-17(28)22-15-6-4-5-14(8-15)16-9-29-13(3)21-16/h4-9H,10,20H2,1-3H3,(H,22,28). The van der Waals surface area contributed by atoms with E-state index in [1.807, 2.05) is 56.5 Å². The first-order chi connectivity index (χ1) is 14.4. The van der Waals surface area contributed by atoms with E-state index in [1.54, 1.807) is 16.0 Å². The van der Waals surface area contributed by atoms with Crippen molar-refractivity contribution in [3.05, 3.63) is 52.1 Å². The maximum Gasteiger partial charge on any atom is 0.271 e. The molecule has 30 heavy (non-hydrogen) atoms. The lowest BCUT2D eigenvalue weighted by atomic mass is 10.1. The summed E-state index contributed by atoms with van der Waals surface area (Å²) >= 11 is 2.80. The Morgan fingerprint density at radius 3 is 2.77 bits per heavy atom. The van der Waals surface area contributed by atoms with E-state index < -0.39 is 0 Å². The first-order valence-corrected chi connectivity index (χ1v) is 11.0. The van der Waals surface area contributed by atoms with Gasteiger partial charge in [-0.3, -0.25) is 4.79 Å². The number of nitrogens with one attached hydrogen (secondary N) is 1. The molecule has 9 nitrogen and oxygen atoms in total. The summed E-state index contributed by atoms with van der Waals surface area (Å²) in [5, 5.41) is 18.9. The van der Waals surface area contributed by atoms with Gasteiger partial charge in [0.2, 0.25) is 11.1 Å². The summed E-state index contributed by atoms with van der Waals surface area (Å²) in [6.45, 7) is 5.77. The van der Waals surface area contributed by atoms with Gasteiger partial charge in [-0.15, -0.1) is 21.5 Å². The first kappa shape index (κ1) is 20.1. The highest BCUT2D eigenvalue weighted by Gasteiger charge is 2.16. The Bertz CT molecular complexity index is 1210. The van der Waals surface area contributed by atoms with Crippen LogP contribution >= 0.6 is 23.1 Å². The van der Waals surface area contributed by atoms with Crippen molar-refractivity contribution >= 4 is 34.7 Å². The highest BCUT2D eigenvalue weighted by molar-refractivity contribution is 7.99. The summed E-state index contributed by atoms with van der Waals surface area (Å²) in [4.78, 5) is 16.9. The van der Waals surface area contributed by atoms with E-state index in [0.717, 1.165) is 27.7 Å². The molecule has 4 rings (SSSR count). The van der Waals surface area contributed by atoms with Gasteiger partial charge < -0.3 is 11.2 Å². The number of amides is 1. The Hall–Kier alpha value is -3.18. The van der Waals surface area contributed by atoms with Crippen molar-refractivity contribution in [2.45, 2.75) is 25.9 Å². The van der Waals surface area contributed by atoms with E-state index in [-0.39, 0.29) is 11.7 Å². The molecule has 1 amide bonds. The predicted molar refractivity (Wildman–Crippen MR) is 118 cm³/mol. The van der Waals surface area contributed by atoms with Crippen LogP contribution in [-0.2, 0) is 4.79 Å². The number of thioether (sulfide) groups is 1. The van der Waals surface area contributed by atoms with Crippen molar-refractivity contribution in [3.8, 4) is 17.2 Å². The van der Waals surface area contributed by atoms with Crippen molar-refractivity contribution in [2.24, 2.45) is 0 Å². The van der Waals surface area contributed by atoms with Gasteiger partial charge in [0.05, 0.1) is 22.1 Å². The third-order valence-corrected chi connectivity index (χ3v) is 5.96. The number of benzene rings is 1. The fourth-order valence-corrected chi connectivity index (χ4v) is 4.20. The zero-order valence-electron chi connectivity index (χ0n) is 16.7. The molecule has 3 N–H and O–H groups in total. The van der Waals surface area contributed by atoms with Crippen molar-refractivity contribution in [2.75, 3.05) is 16.9 Å². The number of hydrogen-bond donors (Lipinski definition) is 2. The second kappa shape index (κ2) is 8.28. The molecule has 0 aliphatic rings. The average Bonchev–Trinajstić information content (AvgIpc) is 3.39. The van der Waals surface area contributed by atoms with E-state index in [4.69, 9.17) is 5.84 Å². The molecule has 0 saturated carbocycles. The smallest absolute Gasteiger partial charge is 0.271 e. The minimum absolute atomic E-state index is 0.145. The van der Waals surface area contributed by atoms with Gasteiger partial charge in [0.15, 0.2) is 0 Å². The lowest BCUT2D eigenvalue weighted by molar-refractivity contribution is -0.113. The quantitative estimate of drug-likeness (QED) is 0.350. The predicted octanol–water partition coefficient (Wildman–Crippen LogP) is 2.96. The van der Waals surface area contributed by atoms with Gasteiger partial charge in [0, 0.05) is 22.3 Å². The number of hydrogen-bond acceptors (Lipinski definition) is 8. The number of anilines is 1. The Labute approximate surface area is 181 Å². The minimum Gasteiger partial charge on any atom is -0.334 e. The average molecular weight is 441 g/mol. The van der Waals surface area contributed by atoms with Gasteiger partial charge in [-0.2, -0.15) is 5.10 Å². The van der Waals surface area contributed by atoms with Gasteiger partial charge in [0.1, 0.15) is 0 Å². The van der Waals surface area contributed by atoms with Gasteiger partial charge in [-0.1, -0.05) is 23.9 Å². The van der Waals surface area contributed by atoms with Crippen molar-refractivity contribution in [1.29, 1.82) is 0 Å². The highest BCUT2D eigenvalue weighted by Crippen LogP contribution is 2.24. The number of aromatic nitrogens is 6. The van der Waals surface area contributed by atoms with Crippen LogP contribution in [0.5, 0.6) is 0 Å². The van der Waals surface area contributed by atoms with Crippen LogP contribution in [-0.4, -0.2) is 41.3 Å². The molecule has 0 radical (unpaired) electrons. The lowest BCUT2D eigenvalue weighted by Crippen LogP contribution is -2.18. The molecule has 0 bridgehead atoms. The maximum atomic E-state index is 12.4. The number of nitrogens with two attached hydrogens (primary N) is 1. The Kier molecular flexibility index (Phi) is 5.55. The fourth-order valence-electron chi connectivity index (χ4n) is 2.92. The zero-order valence-corrected chi connectivity index (χ0v) is 18.3. The molecule has 0 atom stereocenters. The highest BCUT2D eigenvalue weighted by atomic mass is 32.2. The van der Waals surface area contributed by atoms with E-state index in [2.05, 4.69) is 25.6 Å². The van der Waals surface area contributed by atoms with Crippen LogP contribution in [0.15, 0.2) is 40.9 Å². The molecule has 3 heterocycles. The summed E-state index contributed by atoms with van der Waals surface area (Å²) in [5.41, 5.74) is 4.33. The van der Waals surface area contributed by atoms with Crippen LogP contribution in [0.25, 0.3) is 17.2 Å². The van der Waals surface area contributed by atoms with Crippen molar-refractivity contribution in [1.82, 2.24) is 29.6 Å². The number of nitrogens with zero attached hydrogens (tertiary/aromatic N) is 6. The number of carbonyl (C=O) groups is 1. The lowest BCUT2D eigenvalue weighted by Gasteiger charge is -2.07. The van der Waals surface area contributed by atoms with Crippen LogP contribution in [0.2, 0.25) is 0 Å². The summed E-state index contributed by atoms with van der Waals surface area (Å²) in [6.07, 6.45) is 0. The molecule has 154 valence electrons. The van der Waals surface area contributed by atoms with Gasteiger partial charge in [0.25, 0.3) is 5.95 Å². The maximum absolute atomic E-state index is 12.4. The molecule has 0 unspecified atom stereocenters. The molecule has 1 aromatic carbocycles. The first-order valence-electron chi connectivity index (χ1n) is 9.10. The summed E-state index contributed by atoms with van der Waals surface area (Å²) < 4.78 is 2.96. The molecule has 0 aliphatic heterocycles. The second-order valence-electron chi connectivity index (χ2n) is 6.66. The van der Waals surface area contributed by atoms with Crippen molar-refractivity contribution < 1.29 is 4.79 Å². The Balaban J connectivity index is 1.41. The number of nitrogen functional groups attached to an aromatic ring is 1. The molecule has 11 heteroatoms. The second-order valence-corrected chi connectivity index (χ2v) is 8.67. The molecular formula is C19H20N8OS2. The molecule has 0 saturated heterocycles. The van der Waals surface area contributed by atoms with Crippen molar-refractivity contribution in [3.63, 3.8) is 0 Å². The molecule has 4 aromatic rings. The molecular weight excluding hydrogens is 420 g/mol. The zero-order chi connectivity index (χ0) is 21.3. The number of aryl methyl sites for hydroxylation is 3. The summed E-state index contributed by atoms with van der Waals surface area (Å²) in [6, 6.07) is 9.54. The van der Waals surface area contributed by atoms with Crippen LogP contribution < -0.4 is 11.2 Å². The van der Waals surface area contributed by atoms with Gasteiger partial charge >= 0.3 is 0 Å². The number of carbonyl (C=O) groups excluding carboxylic acids is 1. The minimum atomic E-state index is -0.165. The van der Waals surface area contributed by atoms with Crippen LogP contribution in [0.4, 0.5) is 5.69 Å². The molecule has 0 spiro atoms. The topological polar surface area (TPSA) is 117 Å². The van der Waals surface area contributed by atoms with Gasteiger partial charge in [-0.05, 0) is 39.0 Å². The molecule has 0 aliphatic carbocycles. The normalized spacial score (nSPS) is 11.0. The Morgan fingerprint density at radius 2 is 2.07 bits per heavy atom. The van der Waals surface area contributed by atoms with Gasteiger partial charge in [-0.25, -0.2) is 14.3 Å². The third kappa shape index (κ3) is 4.21. The number of thiazole rings is 1.